The van der Waals surface area contributed by atoms with Gasteiger partial charge in [-0.15, -0.1) is 0 Å². The highest BCUT2D eigenvalue weighted by molar-refractivity contribution is 14.1. The van der Waals surface area contributed by atoms with Gasteiger partial charge in [0, 0.05) is 20.6 Å². The minimum Gasteiger partial charge on any atom is -0.293 e. The molecule has 0 N–H and O–H groups in total. The molecule has 0 atom stereocenters. The predicted molar refractivity (Wildman–Crippen MR) is 87.1 cm³/mol. The molecule has 0 saturated carbocycles. The number of carbonyl (C=O) groups is 2. The monoisotopic (exact) mass is 396 g/mol. The lowest BCUT2D eigenvalue weighted by molar-refractivity contribution is 0.0817. The van der Waals surface area contributed by atoms with Gasteiger partial charge in [-0.05, 0) is 11.6 Å². The van der Waals surface area contributed by atoms with Gasteiger partial charge in [0.2, 0.25) is 0 Å². The highest BCUT2D eigenvalue weighted by Gasteiger charge is 2.54. The molecule has 0 saturated heterocycles. The van der Waals surface area contributed by atoms with Crippen molar-refractivity contribution in [3.8, 4) is 0 Å². The van der Waals surface area contributed by atoms with Gasteiger partial charge in [-0.2, -0.15) is 0 Å². The van der Waals surface area contributed by atoms with Gasteiger partial charge in [0.1, 0.15) is 5.41 Å². The Labute approximate surface area is 135 Å². The van der Waals surface area contributed by atoms with Crippen molar-refractivity contribution in [1.82, 2.24) is 0 Å². The maximum atomic E-state index is 12.8. The van der Waals surface area contributed by atoms with E-state index in [0.717, 1.165) is 0 Å². The van der Waals surface area contributed by atoms with Crippen LogP contribution < -0.4 is 0 Å². The quantitative estimate of drug-likeness (QED) is 0.435. The summed E-state index contributed by atoms with van der Waals surface area (Å²) in [5, 5.41) is 0.457. The SMILES string of the molecule is O=C1c2ccccc2C(=O)C1(CI)c1ccccc1Cl. The highest BCUT2D eigenvalue weighted by atomic mass is 127. The normalized spacial score (nSPS) is 16.3. The van der Waals surface area contributed by atoms with Gasteiger partial charge >= 0.3 is 0 Å². The molecule has 20 heavy (non-hydrogen) atoms. The van der Waals surface area contributed by atoms with Gasteiger partial charge in [-0.1, -0.05) is 76.7 Å². The van der Waals surface area contributed by atoms with Crippen LogP contribution in [-0.4, -0.2) is 16.0 Å². The van der Waals surface area contributed by atoms with E-state index in [1.165, 1.54) is 0 Å². The topological polar surface area (TPSA) is 34.1 Å². The summed E-state index contributed by atoms with van der Waals surface area (Å²) >= 11 is 8.33. The van der Waals surface area contributed by atoms with Crippen molar-refractivity contribution in [3.63, 3.8) is 0 Å². The molecule has 0 bridgehead atoms. The van der Waals surface area contributed by atoms with E-state index in [4.69, 9.17) is 11.6 Å². The second-order valence-corrected chi connectivity index (χ2v) is 5.89. The van der Waals surface area contributed by atoms with Crippen LogP contribution in [0.2, 0.25) is 5.02 Å². The average molecular weight is 397 g/mol. The molecular formula is C16H10ClIO2. The summed E-state index contributed by atoms with van der Waals surface area (Å²) in [5.41, 5.74) is 0.410. The van der Waals surface area contributed by atoms with Crippen LogP contribution in [0.5, 0.6) is 0 Å². The first-order valence-electron chi connectivity index (χ1n) is 6.12. The molecular weight excluding hydrogens is 387 g/mol. The van der Waals surface area contributed by atoms with Crippen LogP contribution in [0.25, 0.3) is 0 Å². The van der Waals surface area contributed by atoms with Crippen molar-refractivity contribution < 1.29 is 9.59 Å². The standard InChI is InChI=1S/C16H10ClIO2/c17-13-8-4-3-7-12(13)16(9-18)14(19)10-5-1-2-6-11(10)15(16)20/h1-8H,9H2. The van der Waals surface area contributed by atoms with Crippen molar-refractivity contribution in [3.05, 3.63) is 70.2 Å². The molecule has 1 aliphatic rings. The van der Waals surface area contributed by atoms with Crippen LogP contribution in [0.1, 0.15) is 26.3 Å². The van der Waals surface area contributed by atoms with Crippen molar-refractivity contribution in [2.45, 2.75) is 5.41 Å². The zero-order valence-electron chi connectivity index (χ0n) is 10.4. The first-order chi connectivity index (χ1) is 9.63. The summed E-state index contributed by atoms with van der Waals surface area (Å²) < 4.78 is 0.376. The third-order valence-corrected chi connectivity index (χ3v) is 5.20. The van der Waals surface area contributed by atoms with Gasteiger partial charge in [0.15, 0.2) is 11.6 Å². The molecule has 0 heterocycles. The second kappa shape index (κ2) is 4.97. The number of hydrogen-bond acceptors (Lipinski definition) is 2. The van der Waals surface area contributed by atoms with Gasteiger partial charge in [0.05, 0.1) is 0 Å². The van der Waals surface area contributed by atoms with Crippen LogP contribution in [0.3, 0.4) is 0 Å². The van der Waals surface area contributed by atoms with Crippen LogP contribution >= 0.6 is 34.2 Å². The molecule has 2 nitrogen and oxygen atoms in total. The zero-order valence-corrected chi connectivity index (χ0v) is 13.3. The van der Waals surface area contributed by atoms with Gasteiger partial charge in [-0.3, -0.25) is 9.59 Å². The molecule has 0 radical (unpaired) electrons. The third kappa shape index (κ3) is 1.69. The van der Waals surface area contributed by atoms with Crippen LogP contribution in [0, 0.1) is 0 Å². The number of alkyl halides is 1. The Kier molecular flexibility index (Phi) is 3.42. The maximum Gasteiger partial charge on any atom is 0.182 e. The van der Waals surface area contributed by atoms with Gasteiger partial charge in [0.25, 0.3) is 0 Å². The van der Waals surface area contributed by atoms with E-state index in [9.17, 15) is 9.59 Å². The van der Waals surface area contributed by atoms with E-state index in [-0.39, 0.29) is 11.6 Å². The summed E-state index contributed by atoms with van der Waals surface area (Å²) in [6.07, 6.45) is 0. The largest absolute Gasteiger partial charge is 0.293 e. The molecule has 0 unspecified atom stereocenters. The molecule has 1 aliphatic carbocycles. The minimum absolute atomic E-state index is 0.152. The number of fused-ring (bicyclic) bond motifs is 1. The summed E-state index contributed by atoms with van der Waals surface area (Å²) in [7, 11) is 0. The molecule has 0 fully saturated rings. The predicted octanol–water partition coefficient (Wildman–Crippen LogP) is 4.09. The smallest absolute Gasteiger partial charge is 0.182 e. The van der Waals surface area contributed by atoms with Crippen molar-refractivity contribution in [1.29, 1.82) is 0 Å². The summed E-state index contributed by atoms with van der Waals surface area (Å²) in [6, 6.07) is 14.1. The van der Waals surface area contributed by atoms with Crippen LogP contribution in [0.15, 0.2) is 48.5 Å². The third-order valence-electron chi connectivity index (χ3n) is 3.73. The summed E-state index contributed by atoms with van der Waals surface area (Å²) in [5.74, 6) is -0.304. The number of carbonyl (C=O) groups excluding carboxylic acids is 2. The number of halogens is 2. The fourth-order valence-electron chi connectivity index (χ4n) is 2.69. The fraction of sp³-hybridized carbons (Fsp3) is 0.125. The molecule has 0 spiro atoms. The molecule has 0 aliphatic heterocycles. The number of rotatable bonds is 2. The Balaban J connectivity index is 2.30. The van der Waals surface area contributed by atoms with Crippen molar-refractivity contribution >= 4 is 45.8 Å². The number of ketones is 2. The van der Waals surface area contributed by atoms with E-state index in [1.54, 1.807) is 48.5 Å². The molecule has 4 heteroatoms. The maximum absolute atomic E-state index is 12.8. The molecule has 0 amide bonds. The first-order valence-corrected chi connectivity index (χ1v) is 8.03. The minimum atomic E-state index is -1.18. The van der Waals surface area contributed by atoms with E-state index in [1.807, 2.05) is 0 Å². The molecule has 0 aromatic heterocycles. The zero-order chi connectivity index (χ0) is 14.3. The van der Waals surface area contributed by atoms with E-state index >= 15 is 0 Å². The van der Waals surface area contributed by atoms with Crippen LogP contribution in [-0.2, 0) is 5.41 Å². The lowest BCUT2D eigenvalue weighted by Crippen LogP contribution is -2.40. The van der Waals surface area contributed by atoms with Crippen molar-refractivity contribution in [2.24, 2.45) is 0 Å². The Morgan fingerprint density at radius 1 is 0.900 bits per heavy atom. The number of hydrogen-bond donors (Lipinski definition) is 0. The molecule has 2 aromatic carbocycles. The second-order valence-electron chi connectivity index (χ2n) is 4.72. The van der Waals surface area contributed by atoms with Gasteiger partial charge < -0.3 is 0 Å². The Hall–Kier alpha value is -1.20. The summed E-state index contributed by atoms with van der Waals surface area (Å²) in [6.45, 7) is 0. The molecule has 3 rings (SSSR count). The number of benzene rings is 2. The highest BCUT2D eigenvalue weighted by Crippen LogP contribution is 2.43. The lowest BCUT2D eigenvalue weighted by Gasteiger charge is -2.24. The Bertz CT molecular complexity index is 689. The fourth-order valence-corrected chi connectivity index (χ4v) is 4.09. The van der Waals surface area contributed by atoms with E-state index < -0.39 is 5.41 Å². The Morgan fingerprint density at radius 3 is 1.90 bits per heavy atom. The average Bonchev–Trinajstić information content (AvgIpc) is 2.70. The lowest BCUT2D eigenvalue weighted by atomic mass is 9.78. The first kappa shape index (κ1) is 13.8. The Morgan fingerprint density at radius 2 is 1.40 bits per heavy atom. The van der Waals surface area contributed by atoms with Crippen molar-refractivity contribution in [2.75, 3.05) is 4.43 Å². The summed E-state index contributed by atoms with van der Waals surface area (Å²) in [4.78, 5) is 25.7. The molecule has 100 valence electrons. The van der Waals surface area contributed by atoms with Crippen LogP contribution in [0.4, 0.5) is 0 Å². The number of Topliss-reactive ketones (excluding diaryl/α,β-unsaturated/α-hetero) is 2. The molecule has 2 aromatic rings. The van der Waals surface area contributed by atoms with E-state index in [2.05, 4.69) is 22.6 Å². The van der Waals surface area contributed by atoms with E-state index in [0.29, 0.717) is 26.1 Å². The van der Waals surface area contributed by atoms with Gasteiger partial charge in [-0.25, -0.2) is 0 Å².